The second kappa shape index (κ2) is 8.33. The number of hydrogen-bond acceptors (Lipinski definition) is 1. The molecule has 2 spiro atoms. The van der Waals surface area contributed by atoms with Gasteiger partial charge < -0.3 is 4.42 Å². The molecule has 0 radical (unpaired) electrons. The molecule has 0 bridgehead atoms. The topological polar surface area (TPSA) is 13.1 Å². The lowest BCUT2D eigenvalue weighted by atomic mass is 9.52. The predicted molar refractivity (Wildman–Crippen MR) is 187 cm³/mol. The summed E-state index contributed by atoms with van der Waals surface area (Å²) < 4.78 is 6.95. The SMILES string of the molecule is Cc1cccc2c1-c1ccc3c(oc4ccccc43)c1C21c2ccccc2C2(c3ccccc3-c3ccccc32)c2ccccc21. The van der Waals surface area contributed by atoms with Crippen LogP contribution in [-0.4, -0.2) is 0 Å². The van der Waals surface area contributed by atoms with Crippen LogP contribution < -0.4 is 0 Å². The maximum Gasteiger partial charge on any atom is 0.140 e. The van der Waals surface area contributed by atoms with E-state index >= 15 is 0 Å². The average molecular weight is 585 g/mol. The number of hydrogen-bond donors (Lipinski definition) is 0. The van der Waals surface area contributed by atoms with E-state index in [1.807, 2.05) is 0 Å². The van der Waals surface area contributed by atoms with E-state index in [9.17, 15) is 0 Å². The van der Waals surface area contributed by atoms with Crippen molar-refractivity contribution in [2.24, 2.45) is 0 Å². The van der Waals surface area contributed by atoms with Crippen LogP contribution in [0.15, 0.2) is 156 Å². The monoisotopic (exact) mass is 584 g/mol. The number of rotatable bonds is 0. The standard InChI is InChI=1S/C45H28O/c1-27-13-12-23-39-41(27)32-26-25-31-30-16-4-11-24-40(30)46-43(31)42(32)45(39)37-21-9-7-19-35(37)44(36-20-8-10-22-38(36)45)33-17-5-2-14-28(33)29-15-3-6-18-34(29)44/h2-26H,1H3. The van der Waals surface area contributed by atoms with E-state index in [1.54, 1.807) is 0 Å². The predicted octanol–water partition coefficient (Wildman–Crippen LogP) is 10.9. The summed E-state index contributed by atoms with van der Waals surface area (Å²) in [7, 11) is 0. The van der Waals surface area contributed by atoms with Crippen LogP contribution in [-0.2, 0) is 10.8 Å². The summed E-state index contributed by atoms with van der Waals surface area (Å²) >= 11 is 0. The largest absolute Gasteiger partial charge is 0.456 e. The van der Waals surface area contributed by atoms with Crippen molar-refractivity contribution in [2.45, 2.75) is 17.8 Å². The summed E-state index contributed by atoms with van der Waals surface area (Å²) in [5.41, 5.74) is 18.1. The molecule has 46 heavy (non-hydrogen) atoms. The van der Waals surface area contributed by atoms with Gasteiger partial charge in [0.2, 0.25) is 0 Å². The molecular formula is C45H28O. The fourth-order valence-electron chi connectivity index (χ4n) is 9.78. The van der Waals surface area contributed by atoms with Crippen LogP contribution in [0.5, 0.6) is 0 Å². The Morgan fingerprint density at radius 1 is 0.391 bits per heavy atom. The molecule has 0 N–H and O–H groups in total. The molecule has 3 aliphatic carbocycles. The second-order valence-corrected chi connectivity index (χ2v) is 13.1. The minimum absolute atomic E-state index is 0.444. The molecule has 3 aliphatic rings. The molecule has 0 fully saturated rings. The van der Waals surface area contributed by atoms with E-state index < -0.39 is 10.8 Å². The fourth-order valence-corrected chi connectivity index (χ4v) is 9.78. The van der Waals surface area contributed by atoms with Crippen LogP contribution in [0.4, 0.5) is 0 Å². The first-order valence-corrected chi connectivity index (χ1v) is 16.2. The molecule has 214 valence electrons. The molecule has 0 saturated carbocycles. The zero-order chi connectivity index (χ0) is 30.2. The number of para-hydroxylation sites is 1. The summed E-state index contributed by atoms with van der Waals surface area (Å²) in [4.78, 5) is 0. The van der Waals surface area contributed by atoms with Gasteiger partial charge in [0.1, 0.15) is 11.2 Å². The van der Waals surface area contributed by atoms with Crippen LogP contribution in [0, 0.1) is 6.92 Å². The molecule has 11 rings (SSSR count). The Hall–Kier alpha value is -5.66. The minimum Gasteiger partial charge on any atom is -0.456 e. The van der Waals surface area contributed by atoms with Crippen LogP contribution in [0.2, 0.25) is 0 Å². The molecule has 0 amide bonds. The Kier molecular flexibility index (Phi) is 4.46. The van der Waals surface area contributed by atoms with Gasteiger partial charge in [-0.15, -0.1) is 0 Å². The molecule has 1 aromatic heterocycles. The average Bonchev–Trinajstić information content (AvgIpc) is 3.74. The molecule has 0 atom stereocenters. The Labute approximate surface area is 267 Å². The quantitative estimate of drug-likeness (QED) is 0.173. The van der Waals surface area contributed by atoms with Gasteiger partial charge in [0.25, 0.3) is 0 Å². The molecule has 8 aromatic rings. The van der Waals surface area contributed by atoms with Gasteiger partial charge in [0, 0.05) is 16.3 Å². The third-order valence-corrected chi connectivity index (χ3v) is 11.3. The highest BCUT2D eigenvalue weighted by Crippen LogP contribution is 2.68. The molecular weight excluding hydrogens is 556 g/mol. The van der Waals surface area contributed by atoms with Gasteiger partial charge in [-0.1, -0.05) is 140 Å². The van der Waals surface area contributed by atoms with Crippen molar-refractivity contribution in [3.63, 3.8) is 0 Å². The maximum absolute atomic E-state index is 6.95. The summed E-state index contributed by atoms with van der Waals surface area (Å²) in [5.74, 6) is 0. The lowest BCUT2D eigenvalue weighted by Gasteiger charge is -2.48. The Morgan fingerprint density at radius 2 is 0.913 bits per heavy atom. The van der Waals surface area contributed by atoms with Crippen molar-refractivity contribution < 1.29 is 4.42 Å². The maximum atomic E-state index is 6.95. The number of benzene rings is 7. The van der Waals surface area contributed by atoms with Crippen molar-refractivity contribution in [2.75, 3.05) is 0 Å². The minimum atomic E-state index is -0.561. The van der Waals surface area contributed by atoms with Gasteiger partial charge >= 0.3 is 0 Å². The van der Waals surface area contributed by atoms with Crippen molar-refractivity contribution in [1.29, 1.82) is 0 Å². The van der Waals surface area contributed by atoms with Gasteiger partial charge in [0.05, 0.1) is 10.8 Å². The Morgan fingerprint density at radius 3 is 1.57 bits per heavy atom. The molecule has 0 saturated heterocycles. The highest BCUT2D eigenvalue weighted by atomic mass is 16.3. The summed E-state index contributed by atoms with van der Waals surface area (Å²) in [6.45, 7) is 2.26. The summed E-state index contributed by atoms with van der Waals surface area (Å²) in [6.07, 6.45) is 0. The number of fused-ring (bicyclic) bond motifs is 20. The summed E-state index contributed by atoms with van der Waals surface area (Å²) in [5, 5.41) is 2.33. The smallest absolute Gasteiger partial charge is 0.140 e. The van der Waals surface area contributed by atoms with Crippen molar-refractivity contribution in [3.8, 4) is 22.3 Å². The second-order valence-electron chi connectivity index (χ2n) is 13.1. The van der Waals surface area contributed by atoms with Crippen LogP contribution >= 0.6 is 0 Å². The van der Waals surface area contributed by atoms with Gasteiger partial charge in [-0.2, -0.15) is 0 Å². The molecule has 1 nitrogen and oxygen atoms in total. The number of furan rings is 1. The van der Waals surface area contributed by atoms with Gasteiger partial charge in [-0.25, -0.2) is 0 Å². The molecule has 1 heteroatoms. The van der Waals surface area contributed by atoms with E-state index in [0.717, 1.165) is 16.6 Å². The van der Waals surface area contributed by atoms with Crippen molar-refractivity contribution in [1.82, 2.24) is 0 Å². The fraction of sp³-hybridized carbons (Fsp3) is 0.0667. The van der Waals surface area contributed by atoms with Gasteiger partial charge in [-0.3, -0.25) is 0 Å². The first-order valence-electron chi connectivity index (χ1n) is 16.2. The van der Waals surface area contributed by atoms with E-state index in [2.05, 4.69) is 159 Å². The first kappa shape index (κ1) is 24.6. The summed E-state index contributed by atoms with van der Waals surface area (Å²) in [6, 6.07) is 56.7. The van der Waals surface area contributed by atoms with Crippen molar-refractivity contribution in [3.05, 3.63) is 202 Å². The third-order valence-electron chi connectivity index (χ3n) is 11.3. The normalized spacial score (nSPS) is 15.4. The Bertz CT molecular complexity index is 2520. The van der Waals surface area contributed by atoms with E-state index in [0.29, 0.717) is 0 Å². The lowest BCUT2D eigenvalue weighted by molar-refractivity contribution is 0.614. The van der Waals surface area contributed by atoms with Crippen LogP contribution in [0.3, 0.4) is 0 Å². The zero-order valence-corrected chi connectivity index (χ0v) is 25.3. The lowest BCUT2D eigenvalue weighted by Crippen LogP contribution is -2.43. The Balaban J connectivity index is 1.40. The number of aryl methyl sites for hydroxylation is 1. The molecule has 0 unspecified atom stereocenters. The first-order chi connectivity index (χ1) is 22.8. The highest BCUT2D eigenvalue weighted by Gasteiger charge is 2.59. The van der Waals surface area contributed by atoms with Gasteiger partial charge in [0.15, 0.2) is 0 Å². The molecule has 7 aromatic carbocycles. The van der Waals surface area contributed by atoms with Gasteiger partial charge in [-0.05, 0) is 85.8 Å². The van der Waals surface area contributed by atoms with E-state index in [-0.39, 0.29) is 0 Å². The third kappa shape index (κ3) is 2.57. The molecule has 1 heterocycles. The van der Waals surface area contributed by atoms with E-state index in [4.69, 9.17) is 4.42 Å². The van der Waals surface area contributed by atoms with Crippen LogP contribution in [0.25, 0.3) is 44.2 Å². The van der Waals surface area contributed by atoms with E-state index in [1.165, 1.54) is 77.7 Å². The van der Waals surface area contributed by atoms with Crippen LogP contribution in [0.1, 0.15) is 50.1 Å². The zero-order valence-electron chi connectivity index (χ0n) is 25.3. The molecule has 0 aliphatic heterocycles. The van der Waals surface area contributed by atoms with Crippen molar-refractivity contribution >= 4 is 21.9 Å². The highest BCUT2D eigenvalue weighted by molar-refractivity contribution is 6.10.